The molecule has 2 unspecified atom stereocenters. The number of carbonyl (C=O) groups excluding carboxylic acids is 1. The van der Waals surface area contributed by atoms with Crippen molar-refractivity contribution >= 4 is 17.3 Å². The van der Waals surface area contributed by atoms with Gasteiger partial charge in [-0.3, -0.25) is 14.9 Å². The van der Waals surface area contributed by atoms with Crippen molar-refractivity contribution in [3.05, 3.63) is 39.9 Å². The summed E-state index contributed by atoms with van der Waals surface area (Å²) in [6, 6.07) is 6.35. The fourth-order valence-corrected chi connectivity index (χ4v) is 1.99. The molecule has 2 rings (SSSR count). The van der Waals surface area contributed by atoms with Gasteiger partial charge in [-0.05, 0) is 19.4 Å². The Kier molecular flexibility index (Phi) is 4.52. The number of para-hydroxylation sites is 1. The van der Waals surface area contributed by atoms with Gasteiger partial charge in [0.05, 0.1) is 16.2 Å². The molecule has 1 N–H and O–H groups in total. The average molecular weight is 291 g/mol. The molecule has 1 amide bonds. The number of rotatable bonds is 5. The minimum atomic E-state index is -0.728. The molecule has 0 radical (unpaired) electrons. The van der Waals surface area contributed by atoms with Crippen molar-refractivity contribution in [3.8, 4) is 0 Å². The van der Waals surface area contributed by atoms with E-state index in [1.807, 2.05) is 13.8 Å². The Morgan fingerprint density at radius 1 is 1.57 bits per heavy atom. The van der Waals surface area contributed by atoms with Crippen LogP contribution in [0, 0.1) is 10.1 Å². The van der Waals surface area contributed by atoms with Crippen molar-refractivity contribution in [1.29, 1.82) is 0 Å². The summed E-state index contributed by atoms with van der Waals surface area (Å²) in [5, 5.41) is 17.7. The number of nitro benzene ring substituents is 1. The molecule has 0 saturated heterocycles. The molecule has 2 atom stereocenters. The molecule has 1 aromatic rings. The first-order valence-electron chi connectivity index (χ1n) is 6.79. The summed E-state index contributed by atoms with van der Waals surface area (Å²) in [6.07, 6.45) is 0.317. The molecule has 0 aromatic heterocycles. The highest BCUT2D eigenvalue weighted by molar-refractivity contribution is 6.06. The highest BCUT2D eigenvalue weighted by atomic mass is 16.6. The summed E-state index contributed by atoms with van der Waals surface area (Å²) >= 11 is 0. The van der Waals surface area contributed by atoms with Gasteiger partial charge in [0.2, 0.25) is 6.10 Å². The maximum atomic E-state index is 12.0. The molecule has 0 spiro atoms. The van der Waals surface area contributed by atoms with Gasteiger partial charge in [0.1, 0.15) is 0 Å². The second-order valence-corrected chi connectivity index (χ2v) is 4.93. The van der Waals surface area contributed by atoms with E-state index in [-0.39, 0.29) is 24.1 Å². The zero-order chi connectivity index (χ0) is 15.4. The normalized spacial score (nSPS) is 18.6. The largest absolute Gasteiger partial charge is 0.382 e. The number of amides is 1. The molecule has 1 aliphatic rings. The summed E-state index contributed by atoms with van der Waals surface area (Å²) in [6.45, 7) is 3.87. The predicted octanol–water partition coefficient (Wildman–Crippen LogP) is 2.00. The van der Waals surface area contributed by atoms with Crippen molar-refractivity contribution in [1.82, 2.24) is 5.32 Å². The van der Waals surface area contributed by atoms with E-state index < -0.39 is 11.0 Å². The molecule has 0 saturated carbocycles. The molecule has 0 aliphatic carbocycles. The molecule has 7 heteroatoms. The Hall–Kier alpha value is -2.44. The fraction of sp³-hybridized carbons (Fsp3) is 0.429. The molecule has 7 nitrogen and oxygen atoms in total. The molecular formula is C14H17N3O4. The quantitative estimate of drug-likeness (QED) is 0.663. The summed E-state index contributed by atoms with van der Waals surface area (Å²) < 4.78 is 0. The lowest BCUT2D eigenvalue weighted by Crippen LogP contribution is -2.39. The van der Waals surface area contributed by atoms with Crippen molar-refractivity contribution in [3.63, 3.8) is 0 Å². The number of hydrogen-bond acceptors (Lipinski definition) is 5. The number of carbonyl (C=O) groups is 1. The fourth-order valence-electron chi connectivity index (χ4n) is 1.99. The Labute approximate surface area is 122 Å². The number of benzene rings is 1. The van der Waals surface area contributed by atoms with E-state index in [4.69, 9.17) is 4.84 Å². The molecule has 21 heavy (non-hydrogen) atoms. The van der Waals surface area contributed by atoms with E-state index in [1.165, 1.54) is 6.07 Å². The van der Waals surface area contributed by atoms with Gasteiger partial charge in [0, 0.05) is 18.5 Å². The Balaban J connectivity index is 2.09. The van der Waals surface area contributed by atoms with Crippen LogP contribution in [0.5, 0.6) is 0 Å². The minimum Gasteiger partial charge on any atom is -0.382 e. The number of nitrogens with zero attached hydrogens (tertiary/aromatic N) is 2. The Morgan fingerprint density at radius 3 is 2.95 bits per heavy atom. The smallest absolute Gasteiger partial charge is 0.278 e. The van der Waals surface area contributed by atoms with Crippen LogP contribution in [0.4, 0.5) is 5.69 Å². The van der Waals surface area contributed by atoms with Crippen molar-refractivity contribution < 1.29 is 14.6 Å². The van der Waals surface area contributed by atoms with Gasteiger partial charge in [-0.15, -0.1) is 0 Å². The Bertz CT molecular complexity index is 585. The lowest BCUT2D eigenvalue weighted by molar-refractivity contribution is -0.385. The topological polar surface area (TPSA) is 93.8 Å². The first-order valence-corrected chi connectivity index (χ1v) is 6.79. The Morgan fingerprint density at radius 2 is 2.29 bits per heavy atom. The van der Waals surface area contributed by atoms with Gasteiger partial charge in [-0.2, -0.15) is 0 Å². The second-order valence-electron chi connectivity index (χ2n) is 4.93. The molecule has 1 aromatic carbocycles. The SMILES string of the molecule is CCC(C)NC(=O)C1CC(c2ccccc2[N+](=O)[O-])=NO1. The third-order valence-corrected chi connectivity index (χ3v) is 3.37. The highest BCUT2D eigenvalue weighted by Crippen LogP contribution is 2.24. The van der Waals surface area contributed by atoms with E-state index in [0.29, 0.717) is 11.3 Å². The van der Waals surface area contributed by atoms with Crippen LogP contribution in [0.1, 0.15) is 32.3 Å². The number of nitro groups is 1. The first-order chi connectivity index (χ1) is 10.0. The van der Waals surface area contributed by atoms with Crippen molar-refractivity contribution in [2.45, 2.75) is 38.8 Å². The maximum absolute atomic E-state index is 12.0. The summed E-state index contributed by atoms with van der Waals surface area (Å²) in [5.74, 6) is -0.248. The van der Waals surface area contributed by atoms with E-state index in [2.05, 4.69) is 10.5 Å². The first kappa shape index (κ1) is 15.0. The van der Waals surface area contributed by atoms with Gasteiger partial charge in [-0.1, -0.05) is 24.2 Å². The van der Waals surface area contributed by atoms with E-state index in [9.17, 15) is 14.9 Å². The second kappa shape index (κ2) is 6.34. The van der Waals surface area contributed by atoms with E-state index in [0.717, 1.165) is 6.42 Å². The van der Waals surface area contributed by atoms with Gasteiger partial charge in [-0.25, -0.2) is 0 Å². The van der Waals surface area contributed by atoms with Crippen LogP contribution < -0.4 is 5.32 Å². The van der Waals surface area contributed by atoms with Crippen LogP contribution >= 0.6 is 0 Å². The molecular weight excluding hydrogens is 274 g/mol. The number of oxime groups is 1. The third kappa shape index (κ3) is 3.36. The van der Waals surface area contributed by atoms with Crippen molar-refractivity contribution in [2.75, 3.05) is 0 Å². The summed E-state index contributed by atoms with van der Waals surface area (Å²) in [5.41, 5.74) is 0.774. The van der Waals surface area contributed by atoms with Crippen LogP contribution in [0.3, 0.4) is 0 Å². The zero-order valence-corrected chi connectivity index (χ0v) is 11.9. The molecule has 1 heterocycles. The lowest BCUT2D eigenvalue weighted by atomic mass is 10.0. The monoisotopic (exact) mass is 291 g/mol. The molecule has 112 valence electrons. The third-order valence-electron chi connectivity index (χ3n) is 3.37. The van der Waals surface area contributed by atoms with Gasteiger partial charge in [0.25, 0.3) is 11.6 Å². The average Bonchev–Trinajstić information content (AvgIpc) is 2.96. The molecule has 1 aliphatic heterocycles. The number of hydrogen-bond donors (Lipinski definition) is 1. The van der Waals surface area contributed by atoms with Gasteiger partial charge < -0.3 is 10.2 Å². The van der Waals surface area contributed by atoms with E-state index >= 15 is 0 Å². The number of nitrogens with one attached hydrogen (secondary N) is 1. The van der Waals surface area contributed by atoms with Crippen molar-refractivity contribution in [2.24, 2.45) is 5.16 Å². The zero-order valence-electron chi connectivity index (χ0n) is 11.9. The summed E-state index contributed by atoms with van der Waals surface area (Å²) in [7, 11) is 0. The standard InChI is InChI=1S/C14H17N3O4/c1-3-9(2)15-14(18)13-8-11(16-21-13)10-6-4-5-7-12(10)17(19)20/h4-7,9,13H,3,8H2,1-2H3,(H,15,18). The molecule has 0 fully saturated rings. The van der Waals surface area contributed by atoms with Crippen LogP contribution in [-0.4, -0.2) is 28.7 Å². The maximum Gasteiger partial charge on any atom is 0.278 e. The molecule has 0 bridgehead atoms. The summed E-state index contributed by atoms with van der Waals surface area (Å²) in [4.78, 5) is 27.6. The van der Waals surface area contributed by atoms with Crippen LogP contribution in [0.2, 0.25) is 0 Å². The minimum absolute atomic E-state index is 0.0390. The van der Waals surface area contributed by atoms with Crippen LogP contribution in [0.15, 0.2) is 29.4 Å². The van der Waals surface area contributed by atoms with Crippen LogP contribution in [0.25, 0.3) is 0 Å². The lowest BCUT2D eigenvalue weighted by Gasteiger charge is -2.14. The predicted molar refractivity (Wildman–Crippen MR) is 77.0 cm³/mol. The van der Waals surface area contributed by atoms with Gasteiger partial charge in [0.15, 0.2) is 0 Å². The van der Waals surface area contributed by atoms with Gasteiger partial charge >= 0.3 is 0 Å². The van der Waals surface area contributed by atoms with Crippen LogP contribution in [-0.2, 0) is 9.63 Å². The van der Waals surface area contributed by atoms with E-state index in [1.54, 1.807) is 18.2 Å². The highest BCUT2D eigenvalue weighted by Gasteiger charge is 2.32.